The van der Waals surface area contributed by atoms with Gasteiger partial charge in [0.05, 0.1) is 10.8 Å². The van der Waals surface area contributed by atoms with Crippen LogP contribution in [0, 0.1) is 5.92 Å². The van der Waals surface area contributed by atoms with Crippen LogP contribution in [-0.4, -0.2) is 38.3 Å². The first-order valence-corrected chi connectivity index (χ1v) is 12.9. The number of rotatable bonds is 7. The quantitative estimate of drug-likeness (QED) is 0.555. The maximum absolute atomic E-state index is 13.2. The molecule has 33 heavy (non-hydrogen) atoms. The standard InChI is InChI=1S/C27H30N2O3S/c1-21(22-9-4-2-5-10-22)19-28-27(30)25-13-8-18-29(20-25)33(31,32)26-16-14-24(15-17-26)23-11-6-3-7-12-23/h2-7,9-12,14-17,21,25H,8,13,18-20H2,1H3,(H,28,30). The number of sulfonamides is 1. The third-order valence-electron chi connectivity index (χ3n) is 6.31. The number of amides is 1. The van der Waals surface area contributed by atoms with Crippen molar-refractivity contribution < 1.29 is 13.2 Å². The highest BCUT2D eigenvalue weighted by Gasteiger charge is 2.33. The van der Waals surface area contributed by atoms with Gasteiger partial charge in [-0.25, -0.2) is 8.42 Å². The summed E-state index contributed by atoms with van der Waals surface area (Å²) in [5.41, 5.74) is 3.18. The molecule has 6 heteroatoms. The number of nitrogens with one attached hydrogen (secondary N) is 1. The molecule has 0 saturated carbocycles. The minimum atomic E-state index is -3.65. The first kappa shape index (κ1) is 23.2. The van der Waals surface area contributed by atoms with Gasteiger partial charge < -0.3 is 5.32 Å². The summed E-state index contributed by atoms with van der Waals surface area (Å²) >= 11 is 0. The topological polar surface area (TPSA) is 66.5 Å². The van der Waals surface area contributed by atoms with Crippen molar-refractivity contribution in [2.75, 3.05) is 19.6 Å². The molecule has 2 atom stereocenters. The highest BCUT2D eigenvalue weighted by Crippen LogP contribution is 2.26. The van der Waals surface area contributed by atoms with Gasteiger partial charge >= 0.3 is 0 Å². The van der Waals surface area contributed by atoms with Gasteiger partial charge in [0.2, 0.25) is 15.9 Å². The van der Waals surface area contributed by atoms with Crippen LogP contribution in [0.15, 0.2) is 89.8 Å². The van der Waals surface area contributed by atoms with Crippen LogP contribution in [0.3, 0.4) is 0 Å². The molecule has 0 radical (unpaired) electrons. The fourth-order valence-corrected chi connectivity index (χ4v) is 5.80. The van der Waals surface area contributed by atoms with E-state index < -0.39 is 10.0 Å². The van der Waals surface area contributed by atoms with Crippen LogP contribution in [0.2, 0.25) is 0 Å². The Hall–Kier alpha value is -2.96. The Morgan fingerprint density at radius 2 is 1.55 bits per heavy atom. The van der Waals surface area contributed by atoms with E-state index in [1.165, 1.54) is 9.87 Å². The zero-order chi connectivity index (χ0) is 23.3. The maximum atomic E-state index is 13.2. The summed E-state index contributed by atoms with van der Waals surface area (Å²) in [6.07, 6.45) is 1.37. The van der Waals surface area contributed by atoms with Crippen LogP contribution in [0.5, 0.6) is 0 Å². The van der Waals surface area contributed by atoms with Gasteiger partial charge in [0.25, 0.3) is 0 Å². The molecule has 0 aromatic heterocycles. The Balaban J connectivity index is 1.39. The van der Waals surface area contributed by atoms with Gasteiger partial charge in [-0.2, -0.15) is 4.31 Å². The van der Waals surface area contributed by atoms with Crippen molar-refractivity contribution >= 4 is 15.9 Å². The molecule has 1 amide bonds. The van der Waals surface area contributed by atoms with Crippen molar-refractivity contribution in [3.8, 4) is 11.1 Å². The van der Waals surface area contributed by atoms with Crippen LogP contribution >= 0.6 is 0 Å². The van der Waals surface area contributed by atoms with Crippen molar-refractivity contribution in [2.45, 2.75) is 30.6 Å². The number of carbonyl (C=O) groups excluding carboxylic acids is 1. The molecule has 1 aliphatic rings. The predicted molar refractivity (Wildman–Crippen MR) is 131 cm³/mol. The lowest BCUT2D eigenvalue weighted by Gasteiger charge is -2.31. The normalized spacial score (nSPS) is 17.9. The number of piperidine rings is 1. The molecule has 2 unspecified atom stereocenters. The van der Waals surface area contributed by atoms with Crippen molar-refractivity contribution in [2.24, 2.45) is 5.92 Å². The first-order valence-electron chi connectivity index (χ1n) is 11.4. The van der Waals surface area contributed by atoms with E-state index in [1.807, 2.05) is 60.7 Å². The van der Waals surface area contributed by atoms with Crippen LogP contribution in [-0.2, 0) is 14.8 Å². The largest absolute Gasteiger partial charge is 0.355 e. The monoisotopic (exact) mass is 462 g/mol. The van der Waals surface area contributed by atoms with E-state index in [4.69, 9.17) is 0 Å². The maximum Gasteiger partial charge on any atom is 0.243 e. The van der Waals surface area contributed by atoms with Crippen LogP contribution in [0.4, 0.5) is 0 Å². The van der Waals surface area contributed by atoms with Crippen molar-refractivity contribution in [3.63, 3.8) is 0 Å². The van der Waals surface area contributed by atoms with E-state index in [0.29, 0.717) is 25.9 Å². The van der Waals surface area contributed by atoms with Gasteiger partial charge in [-0.15, -0.1) is 0 Å². The summed E-state index contributed by atoms with van der Waals surface area (Å²) < 4.78 is 28.0. The van der Waals surface area contributed by atoms with E-state index in [1.54, 1.807) is 12.1 Å². The molecule has 172 valence electrons. The summed E-state index contributed by atoms with van der Waals surface area (Å²) in [5, 5.41) is 3.03. The van der Waals surface area contributed by atoms with E-state index in [-0.39, 0.29) is 29.2 Å². The lowest BCUT2D eigenvalue weighted by Crippen LogP contribution is -2.45. The molecular formula is C27H30N2O3S. The Morgan fingerprint density at radius 3 is 2.21 bits per heavy atom. The first-order chi connectivity index (χ1) is 15.9. The van der Waals surface area contributed by atoms with Crippen LogP contribution in [0.1, 0.15) is 31.2 Å². The molecule has 1 aliphatic heterocycles. The molecule has 3 aromatic rings. The third-order valence-corrected chi connectivity index (χ3v) is 8.18. The van der Waals surface area contributed by atoms with Gasteiger partial charge in [0, 0.05) is 19.6 Å². The molecular weight excluding hydrogens is 432 g/mol. The number of carbonyl (C=O) groups is 1. The van der Waals surface area contributed by atoms with Gasteiger partial charge in [0.15, 0.2) is 0 Å². The lowest BCUT2D eigenvalue weighted by molar-refractivity contribution is -0.126. The zero-order valence-corrected chi connectivity index (χ0v) is 19.7. The fourth-order valence-electron chi connectivity index (χ4n) is 4.27. The summed E-state index contributed by atoms with van der Waals surface area (Å²) in [5.74, 6) is -0.209. The second kappa shape index (κ2) is 10.3. The van der Waals surface area contributed by atoms with Crippen molar-refractivity contribution in [1.29, 1.82) is 0 Å². The van der Waals surface area contributed by atoms with Gasteiger partial charge in [-0.05, 0) is 47.6 Å². The molecule has 0 bridgehead atoms. The molecule has 0 spiro atoms. The molecule has 3 aromatic carbocycles. The van der Waals surface area contributed by atoms with Gasteiger partial charge in [0.1, 0.15) is 0 Å². The number of benzene rings is 3. The third kappa shape index (κ3) is 5.52. The molecule has 5 nitrogen and oxygen atoms in total. The summed E-state index contributed by atoms with van der Waals surface area (Å²) in [6.45, 7) is 3.26. The molecule has 1 saturated heterocycles. The smallest absolute Gasteiger partial charge is 0.243 e. The highest BCUT2D eigenvalue weighted by molar-refractivity contribution is 7.89. The van der Waals surface area contributed by atoms with Gasteiger partial charge in [-0.1, -0.05) is 79.7 Å². The average molecular weight is 463 g/mol. The Labute approximate surface area is 196 Å². The summed E-state index contributed by atoms with van der Waals surface area (Å²) in [4.78, 5) is 13.1. The van der Waals surface area contributed by atoms with Crippen molar-refractivity contribution in [3.05, 3.63) is 90.5 Å². The number of nitrogens with zero attached hydrogens (tertiary/aromatic N) is 1. The van der Waals surface area contributed by atoms with E-state index in [9.17, 15) is 13.2 Å². The van der Waals surface area contributed by atoms with Gasteiger partial charge in [-0.3, -0.25) is 4.79 Å². The average Bonchev–Trinajstić information content (AvgIpc) is 2.88. The SMILES string of the molecule is CC(CNC(=O)C1CCCN(S(=O)(=O)c2ccc(-c3ccccc3)cc2)C1)c1ccccc1. The lowest BCUT2D eigenvalue weighted by atomic mass is 9.97. The van der Waals surface area contributed by atoms with E-state index in [2.05, 4.69) is 24.4 Å². The molecule has 4 rings (SSSR count). The second-order valence-corrected chi connectivity index (χ2v) is 10.6. The molecule has 1 fully saturated rings. The molecule has 1 heterocycles. The molecule has 1 N–H and O–H groups in total. The number of hydrogen-bond acceptors (Lipinski definition) is 3. The minimum absolute atomic E-state index is 0.0721. The minimum Gasteiger partial charge on any atom is -0.355 e. The predicted octanol–water partition coefficient (Wildman–Crippen LogP) is 4.67. The number of hydrogen-bond donors (Lipinski definition) is 1. The summed E-state index contributed by atoms with van der Waals surface area (Å²) in [6, 6.07) is 26.9. The Morgan fingerprint density at radius 1 is 0.939 bits per heavy atom. The zero-order valence-electron chi connectivity index (χ0n) is 18.9. The highest BCUT2D eigenvalue weighted by atomic mass is 32.2. The van der Waals surface area contributed by atoms with Crippen molar-refractivity contribution in [1.82, 2.24) is 9.62 Å². The van der Waals surface area contributed by atoms with E-state index >= 15 is 0 Å². The second-order valence-electron chi connectivity index (χ2n) is 8.65. The molecule has 0 aliphatic carbocycles. The Bertz CT molecular complexity index is 1160. The Kier molecular flexibility index (Phi) is 7.26. The van der Waals surface area contributed by atoms with Crippen LogP contribution < -0.4 is 5.32 Å². The van der Waals surface area contributed by atoms with Crippen LogP contribution in [0.25, 0.3) is 11.1 Å². The van der Waals surface area contributed by atoms with E-state index in [0.717, 1.165) is 11.1 Å². The fraction of sp³-hybridized carbons (Fsp3) is 0.296. The summed E-state index contributed by atoms with van der Waals surface area (Å²) in [7, 11) is -3.65.